The second-order valence-corrected chi connectivity index (χ2v) is 3.53. The Labute approximate surface area is 93.1 Å². The first kappa shape index (κ1) is 10.6. The molecule has 2 rings (SSSR count). The van der Waals surface area contributed by atoms with Crippen molar-refractivity contribution in [2.24, 2.45) is 0 Å². The van der Waals surface area contributed by atoms with Crippen molar-refractivity contribution < 1.29 is 9.53 Å². The molecule has 0 spiro atoms. The van der Waals surface area contributed by atoms with E-state index in [-0.39, 0.29) is 12.0 Å². The number of carbonyl (C=O) groups excluding carboxylic acids is 1. The number of hydrogen-bond donors (Lipinski definition) is 1. The highest BCUT2D eigenvalue weighted by atomic mass is 16.5. The monoisotopic (exact) mass is 217 g/mol. The lowest BCUT2D eigenvalue weighted by Gasteiger charge is -2.09. The van der Waals surface area contributed by atoms with Gasteiger partial charge in [0.15, 0.2) is 0 Å². The van der Waals surface area contributed by atoms with Crippen molar-refractivity contribution in [2.45, 2.75) is 18.9 Å². The van der Waals surface area contributed by atoms with Crippen LogP contribution in [0, 0.1) is 11.3 Å². The predicted molar refractivity (Wildman–Crippen MR) is 56.6 cm³/mol. The number of ether oxygens (including phenoxy) is 1. The van der Waals surface area contributed by atoms with Gasteiger partial charge < -0.3 is 10.1 Å². The van der Waals surface area contributed by atoms with E-state index in [0.717, 1.165) is 12.8 Å². The van der Waals surface area contributed by atoms with Crippen LogP contribution < -0.4 is 5.32 Å². The summed E-state index contributed by atoms with van der Waals surface area (Å²) in [5.41, 5.74) is 0.468. The minimum Gasteiger partial charge on any atom is -0.368 e. The SMILES string of the molecule is N#Cc1ccc(NC(=O)C2CCCO2)nc1. The molecule has 1 fully saturated rings. The molecule has 1 unspecified atom stereocenters. The Morgan fingerprint density at radius 1 is 1.62 bits per heavy atom. The van der Waals surface area contributed by atoms with Gasteiger partial charge in [-0.1, -0.05) is 0 Å². The van der Waals surface area contributed by atoms with Crippen LogP contribution in [-0.2, 0) is 9.53 Å². The predicted octanol–water partition coefficient (Wildman–Crippen LogP) is 1.07. The van der Waals surface area contributed by atoms with Crippen LogP contribution in [0.15, 0.2) is 18.3 Å². The van der Waals surface area contributed by atoms with E-state index in [0.29, 0.717) is 18.0 Å². The van der Waals surface area contributed by atoms with Crippen LogP contribution in [0.5, 0.6) is 0 Å². The molecule has 16 heavy (non-hydrogen) atoms. The maximum absolute atomic E-state index is 11.6. The van der Waals surface area contributed by atoms with Crippen molar-refractivity contribution in [3.8, 4) is 6.07 Å². The lowest BCUT2D eigenvalue weighted by Crippen LogP contribution is -2.27. The average molecular weight is 217 g/mol. The maximum atomic E-state index is 11.6. The normalized spacial score (nSPS) is 19.1. The van der Waals surface area contributed by atoms with Crippen molar-refractivity contribution in [3.63, 3.8) is 0 Å². The molecule has 1 N–H and O–H groups in total. The van der Waals surface area contributed by atoms with E-state index in [9.17, 15) is 4.79 Å². The van der Waals surface area contributed by atoms with Gasteiger partial charge in [0.25, 0.3) is 5.91 Å². The maximum Gasteiger partial charge on any atom is 0.254 e. The first-order valence-corrected chi connectivity index (χ1v) is 5.08. The molecule has 0 aromatic carbocycles. The smallest absolute Gasteiger partial charge is 0.254 e. The molecule has 0 bridgehead atoms. The van der Waals surface area contributed by atoms with Crippen molar-refractivity contribution in [1.29, 1.82) is 5.26 Å². The fraction of sp³-hybridized carbons (Fsp3) is 0.364. The summed E-state index contributed by atoms with van der Waals surface area (Å²) in [5, 5.41) is 11.2. The van der Waals surface area contributed by atoms with E-state index in [1.54, 1.807) is 12.1 Å². The van der Waals surface area contributed by atoms with E-state index in [2.05, 4.69) is 10.3 Å². The number of nitrogens with one attached hydrogen (secondary N) is 1. The van der Waals surface area contributed by atoms with Crippen molar-refractivity contribution in [3.05, 3.63) is 23.9 Å². The number of amides is 1. The summed E-state index contributed by atoms with van der Waals surface area (Å²) in [6.07, 6.45) is 2.73. The number of pyridine rings is 1. The Balaban J connectivity index is 1.98. The number of nitrogens with zero attached hydrogens (tertiary/aromatic N) is 2. The summed E-state index contributed by atoms with van der Waals surface area (Å²) in [5.74, 6) is 0.272. The topological polar surface area (TPSA) is 75.0 Å². The number of anilines is 1. The van der Waals surface area contributed by atoms with Crippen LogP contribution in [0.3, 0.4) is 0 Å². The molecule has 1 amide bonds. The molecule has 1 aromatic heterocycles. The van der Waals surface area contributed by atoms with Crippen LogP contribution in [0.2, 0.25) is 0 Å². The summed E-state index contributed by atoms with van der Waals surface area (Å²) in [6, 6.07) is 5.17. The van der Waals surface area contributed by atoms with Crippen LogP contribution in [0.1, 0.15) is 18.4 Å². The molecule has 0 saturated carbocycles. The minimum absolute atomic E-state index is 0.172. The molecule has 5 heteroatoms. The highest BCUT2D eigenvalue weighted by Gasteiger charge is 2.23. The van der Waals surface area contributed by atoms with Gasteiger partial charge in [0.05, 0.1) is 5.56 Å². The van der Waals surface area contributed by atoms with Gasteiger partial charge in [0, 0.05) is 12.8 Å². The summed E-state index contributed by atoms with van der Waals surface area (Å²) in [4.78, 5) is 15.6. The zero-order valence-corrected chi connectivity index (χ0v) is 8.64. The number of carbonyl (C=O) groups is 1. The Morgan fingerprint density at radius 2 is 2.50 bits per heavy atom. The zero-order chi connectivity index (χ0) is 11.4. The zero-order valence-electron chi connectivity index (χ0n) is 8.64. The molecule has 1 atom stereocenters. The third-order valence-corrected chi connectivity index (χ3v) is 2.37. The third kappa shape index (κ3) is 2.35. The van der Waals surface area contributed by atoms with Crippen LogP contribution in [0.4, 0.5) is 5.82 Å². The highest BCUT2D eigenvalue weighted by molar-refractivity contribution is 5.93. The molecule has 0 aliphatic carbocycles. The molecule has 0 radical (unpaired) electrons. The van der Waals surface area contributed by atoms with Gasteiger partial charge in [-0.25, -0.2) is 4.98 Å². The Morgan fingerprint density at radius 3 is 3.06 bits per heavy atom. The Kier molecular flexibility index (Phi) is 3.13. The fourth-order valence-corrected chi connectivity index (χ4v) is 1.53. The second kappa shape index (κ2) is 4.73. The van der Waals surface area contributed by atoms with E-state index in [1.165, 1.54) is 6.20 Å². The molecule has 1 aliphatic heterocycles. The lowest BCUT2D eigenvalue weighted by atomic mass is 10.2. The average Bonchev–Trinajstić information content (AvgIpc) is 2.83. The van der Waals surface area contributed by atoms with Gasteiger partial charge in [-0.3, -0.25) is 4.79 Å². The fourth-order valence-electron chi connectivity index (χ4n) is 1.53. The first-order valence-electron chi connectivity index (χ1n) is 5.08. The molecular weight excluding hydrogens is 206 g/mol. The third-order valence-electron chi connectivity index (χ3n) is 2.37. The van der Waals surface area contributed by atoms with Crippen molar-refractivity contribution in [1.82, 2.24) is 4.98 Å². The van der Waals surface area contributed by atoms with Crippen LogP contribution in [-0.4, -0.2) is 23.6 Å². The largest absolute Gasteiger partial charge is 0.368 e. The molecule has 2 heterocycles. The quantitative estimate of drug-likeness (QED) is 0.804. The minimum atomic E-state index is -0.363. The molecular formula is C11H11N3O2. The standard InChI is InChI=1S/C11H11N3O2/c12-6-8-3-4-10(13-7-8)14-11(15)9-2-1-5-16-9/h3-4,7,9H,1-2,5H2,(H,13,14,15). The lowest BCUT2D eigenvalue weighted by molar-refractivity contribution is -0.124. The molecule has 1 saturated heterocycles. The van der Waals surface area contributed by atoms with Gasteiger partial charge in [0.1, 0.15) is 18.0 Å². The second-order valence-electron chi connectivity index (χ2n) is 3.53. The molecule has 1 aromatic rings. The van der Waals surface area contributed by atoms with Gasteiger partial charge in [-0.15, -0.1) is 0 Å². The molecule has 82 valence electrons. The summed E-state index contributed by atoms with van der Waals surface area (Å²) < 4.78 is 5.24. The van der Waals surface area contributed by atoms with Crippen LogP contribution in [0.25, 0.3) is 0 Å². The summed E-state index contributed by atoms with van der Waals surface area (Å²) in [6.45, 7) is 0.638. The van der Waals surface area contributed by atoms with Gasteiger partial charge in [-0.2, -0.15) is 5.26 Å². The number of rotatable bonds is 2. The van der Waals surface area contributed by atoms with Crippen LogP contribution >= 0.6 is 0 Å². The van der Waals surface area contributed by atoms with Gasteiger partial charge in [0.2, 0.25) is 0 Å². The van der Waals surface area contributed by atoms with Gasteiger partial charge >= 0.3 is 0 Å². The van der Waals surface area contributed by atoms with Crippen molar-refractivity contribution >= 4 is 11.7 Å². The van der Waals surface area contributed by atoms with E-state index >= 15 is 0 Å². The number of hydrogen-bond acceptors (Lipinski definition) is 4. The van der Waals surface area contributed by atoms with Crippen molar-refractivity contribution in [2.75, 3.05) is 11.9 Å². The Bertz CT molecular complexity index is 416. The first-order chi connectivity index (χ1) is 7.79. The molecule has 1 aliphatic rings. The van der Waals surface area contributed by atoms with E-state index in [4.69, 9.17) is 10.00 Å². The van der Waals surface area contributed by atoms with E-state index in [1.807, 2.05) is 6.07 Å². The number of nitriles is 1. The summed E-state index contributed by atoms with van der Waals surface area (Å²) in [7, 11) is 0. The highest BCUT2D eigenvalue weighted by Crippen LogP contribution is 2.14. The Hall–Kier alpha value is -1.93. The van der Waals surface area contributed by atoms with Gasteiger partial charge in [-0.05, 0) is 25.0 Å². The van der Waals surface area contributed by atoms with E-state index < -0.39 is 0 Å². The number of aromatic nitrogens is 1. The molecule has 5 nitrogen and oxygen atoms in total. The summed E-state index contributed by atoms with van der Waals surface area (Å²) >= 11 is 0.